The molecule has 3 rings (SSSR count). The molecule has 2 aromatic carbocycles. The quantitative estimate of drug-likeness (QED) is 0.847. The van der Waals surface area contributed by atoms with E-state index in [2.05, 4.69) is 12.1 Å². The Balaban J connectivity index is 1.66. The summed E-state index contributed by atoms with van der Waals surface area (Å²) in [6.45, 7) is 1.40. The van der Waals surface area contributed by atoms with Crippen molar-refractivity contribution in [3.63, 3.8) is 0 Å². The van der Waals surface area contributed by atoms with E-state index >= 15 is 0 Å². The number of hydrogen-bond acceptors (Lipinski definition) is 3. The van der Waals surface area contributed by atoms with Gasteiger partial charge in [0, 0.05) is 19.5 Å². The first-order chi connectivity index (χ1) is 11.7. The van der Waals surface area contributed by atoms with Gasteiger partial charge in [0.2, 0.25) is 5.91 Å². The van der Waals surface area contributed by atoms with Gasteiger partial charge in [0.25, 0.3) is 0 Å². The molecule has 0 N–H and O–H groups in total. The number of benzene rings is 2. The average molecular weight is 325 g/mol. The van der Waals surface area contributed by atoms with Crippen LogP contribution in [0.15, 0.2) is 42.5 Å². The molecule has 0 aromatic heterocycles. The zero-order valence-corrected chi connectivity index (χ0v) is 14.2. The van der Waals surface area contributed by atoms with Crippen LogP contribution >= 0.6 is 0 Å². The first-order valence-electron chi connectivity index (χ1n) is 8.26. The molecular weight excluding hydrogens is 302 g/mol. The predicted octanol–water partition coefficient (Wildman–Crippen LogP) is 3.22. The second-order valence-corrected chi connectivity index (χ2v) is 6.03. The number of methoxy groups -OCH3 is 2. The number of carbonyl (C=O) groups excluding carboxylic acids is 1. The van der Waals surface area contributed by atoms with Crippen molar-refractivity contribution in [1.82, 2.24) is 4.90 Å². The van der Waals surface area contributed by atoms with E-state index in [-0.39, 0.29) is 5.91 Å². The van der Waals surface area contributed by atoms with Crippen molar-refractivity contribution in [3.05, 3.63) is 59.2 Å². The van der Waals surface area contributed by atoms with Gasteiger partial charge < -0.3 is 14.4 Å². The standard InChI is InChI=1S/C20H23NO3/c1-23-18-12-16-10-11-21(14-17(16)13-19(18)24-2)20(22)9-8-15-6-4-3-5-7-15/h3-7,12-13H,8-11,14H2,1-2H3. The van der Waals surface area contributed by atoms with Crippen molar-refractivity contribution in [2.75, 3.05) is 20.8 Å². The zero-order valence-electron chi connectivity index (χ0n) is 14.2. The Morgan fingerprint density at radius 1 is 1.04 bits per heavy atom. The van der Waals surface area contributed by atoms with Gasteiger partial charge in [-0.1, -0.05) is 30.3 Å². The number of ether oxygens (including phenoxy) is 2. The van der Waals surface area contributed by atoms with Gasteiger partial charge in [-0.25, -0.2) is 0 Å². The van der Waals surface area contributed by atoms with Crippen LogP contribution in [0.4, 0.5) is 0 Å². The van der Waals surface area contributed by atoms with Gasteiger partial charge in [-0.3, -0.25) is 4.79 Å². The number of fused-ring (bicyclic) bond motifs is 1. The molecule has 0 saturated carbocycles. The highest BCUT2D eigenvalue weighted by Gasteiger charge is 2.22. The smallest absolute Gasteiger partial charge is 0.223 e. The van der Waals surface area contributed by atoms with E-state index in [1.54, 1.807) is 14.2 Å². The van der Waals surface area contributed by atoms with Crippen molar-refractivity contribution in [1.29, 1.82) is 0 Å². The summed E-state index contributed by atoms with van der Waals surface area (Å²) in [5.74, 6) is 1.68. The summed E-state index contributed by atoms with van der Waals surface area (Å²) in [6.07, 6.45) is 2.19. The van der Waals surface area contributed by atoms with Crippen LogP contribution in [0.1, 0.15) is 23.1 Å². The number of carbonyl (C=O) groups is 1. The van der Waals surface area contributed by atoms with Gasteiger partial charge in [-0.2, -0.15) is 0 Å². The summed E-state index contributed by atoms with van der Waals surface area (Å²) in [5, 5.41) is 0. The molecule has 2 aromatic rings. The highest BCUT2D eigenvalue weighted by atomic mass is 16.5. The van der Waals surface area contributed by atoms with Crippen LogP contribution < -0.4 is 9.47 Å². The minimum absolute atomic E-state index is 0.208. The van der Waals surface area contributed by atoms with Crippen molar-refractivity contribution in [2.45, 2.75) is 25.8 Å². The summed E-state index contributed by atoms with van der Waals surface area (Å²) in [5.41, 5.74) is 3.58. The van der Waals surface area contributed by atoms with Gasteiger partial charge >= 0.3 is 0 Å². The molecule has 1 amide bonds. The minimum atomic E-state index is 0.208. The summed E-state index contributed by atoms with van der Waals surface area (Å²) in [6, 6.07) is 14.2. The molecule has 4 nitrogen and oxygen atoms in total. The molecule has 1 aliphatic rings. The lowest BCUT2D eigenvalue weighted by atomic mass is 9.98. The van der Waals surface area contributed by atoms with Gasteiger partial charge in [0.15, 0.2) is 11.5 Å². The Hall–Kier alpha value is -2.49. The number of aryl methyl sites for hydroxylation is 1. The van der Waals surface area contributed by atoms with Gasteiger partial charge in [-0.15, -0.1) is 0 Å². The third kappa shape index (κ3) is 3.53. The van der Waals surface area contributed by atoms with Gasteiger partial charge in [0.05, 0.1) is 14.2 Å². The van der Waals surface area contributed by atoms with E-state index in [1.165, 1.54) is 11.1 Å². The summed E-state index contributed by atoms with van der Waals surface area (Å²) in [7, 11) is 3.28. The SMILES string of the molecule is COc1cc2c(cc1OC)CN(C(=O)CCc1ccccc1)CC2. The summed E-state index contributed by atoms with van der Waals surface area (Å²) in [4.78, 5) is 14.5. The number of amides is 1. The fraction of sp³-hybridized carbons (Fsp3) is 0.350. The van der Waals surface area contributed by atoms with Crippen molar-refractivity contribution < 1.29 is 14.3 Å². The molecule has 1 heterocycles. The molecular formula is C20H23NO3. The van der Waals surface area contributed by atoms with Crippen LogP contribution in [0.25, 0.3) is 0 Å². The Bertz CT molecular complexity index is 712. The zero-order chi connectivity index (χ0) is 16.9. The fourth-order valence-electron chi connectivity index (χ4n) is 3.15. The molecule has 0 fully saturated rings. The Labute approximate surface area is 143 Å². The lowest BCUT2D eigenvalue weighted by Crippen LogP contribution is -2.36. The lowest BCUT2D eigenvalue weighted by Gasteiger charge is -2.29. The maximum atomic E-state index is 12.5. The van der Waals surface area contributed by atoms with E-state index in [1.807, 2.05) is 35.2 Å². The molecule has 24 heavy (non-hydrogen) atoms. The topological polar surface area (TPSA) is 38.8 Å². The third-order valence-electron chi connectivity index (χ3n) is 4.54. The summed E-state index contributed by atoms with van der Waals surface area (Å²) < 4.78 is 10.7. The first kappa shape index (κ1) is 16.4. The molecule has 0 unspecified atom stereocenters. The van der Waals surface area contributed by atoms with Crippen molar-refractivity contribution in [3.8, 4) is 11.5 Å². The lowest BCUT2D eigenvalue weighted by molar-refractivity contribution is -0.132. The van der Waals surface area contributed by atoms with Crippen LogP contribution in [0.3, 0.4) is 0 Å². The summed E-state index contributed by atoms with van der Waals surface area (Å²) >= 11 is 0. The normalized spacial score (nSPS) is 13.3. The third-order valence-corrected chi connectivity index (χ3v) is 4.54. The van der Waals surface area contributed by atoms with E-state index < -0.39 is 0 Å². The van der Waals surface area contributed by atoms with Gasteiger partial charge in [-0.05, 0) is 41.7 Å². The fourth-order valence-corrected chi connectivity index (χ4v) is 3.15. The molecule has 0 atom stereocenters. The highest BCUT2D eigenvalue weighted by Crippen LogP contribution is 2.33. The van der Waals surface area contributed by atoms with E-state index in [9.17, 15) is 4.79 Å². The molecule has 0 bridgehead atoms. The molecule has 126 valence electrons. The van der Waals surface area contributed by atoms with Crippen LogP contribution in [0, 0.1) is 0 Å². The molecule has 0 aliphatic carbocycles. The molecule has 0 radical (unpaired) electrons. The van der Waals surface area contributed by atoms with Crippen molar-refractivity contribution >= 4 is 5.91 Å². The Morgan fingerprint density at radius 2 is 1.71 bits per heavy atom. The van der Waals surface area contributed by atoms with Crippen molar-refractivity contribution in [2.24, 2.45) is 0 Å². The average Bonchev–Trinajstić information content (AvgIpc) is 2.65. The largest absolute Gasteiger partial charge is 0.493 e. The predicted molar refractivity (Wildman–Crippen MR) is 93.4 cm³/mol. The van der Waals surface area contributed by atoms with E-state index in [4.69, 9.17) is 9.47 Å². The molecule has 1 aliphatic heterocycles. The monoisotopic (exact) mass is 325 g/mol. The highest BCUT2D eigenvalue weighted by molar-refractivity contribution is 5.77. The number of hydrogen-bond donors (Lipinski definition) is 0. The van der Waals surface area contributed by atoms with E-state index in [0.29, 0.717) is 13.0 Å². The molecule has 0 saturated heterocycles. The minimum Gasteiger partial charge on any atom is -0.493 e. The molecule has 0 spiro atoms. The second kappa shape index (κ2) is 7.39. The first-order valence-corrected chi connectivity index (χ1v) is 8.26. The van der Waals surface area contributed by atoms with E-state index in [0.717, 1.165) is 36.4 Å². The molecule has 4 heteroatoms. The number of nitrogens with zero attached hydrogens (tertiary/aromatic N) is 1. The Kier molecular flexibility index (Phi) is 5.04. The maximum absolute atomic E-state index is 12.5. The Morgan fingerprint density at radius 3 is 2.38 bits per heavy atom. The number of rotatable bonds is 5. The van der Waals surface area contributed by atoms with Crippen LogP contribution in [0.2, 0.25) is 0 Å². The van der Waals surface area contributed by atoms with Crippen LogP contribution in [-0.2, 0) is 24.2 Å². The van der Waals surface area contributed by atoms with Gasteiger partial charge in [0.1, 0.15) is 0 Å². The van der Waals surface area contributed by atoms with Crippen LogP contribution in [0.5, 0.6) is 11.5 Å². The maximum Gasteiger partial charge on any atom is 0.223 e. The second-order valence-electron chi connectivity index (χ2n) is 6.03. The van der Waals surface area contributed by atoms with Crippen LogP contribution in [-0.4, -0.2) is 31.6 Å².